The summed E-state index contributed by atoms with van der Waals surface area (Å²) in [6.07, 6.45) is -4.78. The van der Waals surface area contributed by atoms with Gasteiger partial charge in [0.1, 0.15) is 5.75 Å². The molecule has 0 aromatic heterocycles. The molecule has 38 heavy (non-hydrogen) atoms. The number of benzene rings is 2. The number of ether oxygens (including phenoxy) is 3. The van der Waals surface area contributed by atoms with Gasteiger partial charge in [0.2, 0.25) is 0 Å². The van der Waals surface area contributed by atoms with Crippen molar-refractivity contribution < 1.29 is 41.2 Å². The van der Waals surface area contributed by atoms with Gasteiger partial charge in [-0.3, -0.25) is 4.21 Å². The Balaban J connectivity index is 2.25. The molecule has 204 valence electrons. The molecule has 1 heterocycles. The first-order valence-electron chi connectivity index (χ1n) is 11.8. The van der Waals surface area contributed by atoms with Crippen LogP contribution in [0.5, 0.6) is 5.75 Å². The monoisotopic (exact) mass is 551 g/mol. The summed E-state index contributed by atoms with van der Waals surface area (Å²) in [4.78, 5) is 26.7. The van der Waals surface area contributed by atoms with Crippen LogP contribution in [0.25, 0.3) is 0 Å². The topological polar surface area (TPSA) is 90.9 Å². The number of hydrogen-bond donors (Lipinski definition) is 1. The predicted molar refractivity (Wildman–Crippen MR) is 135 cm³/mol. The highest BCUT2D eigenvalue weighted by atomic mass is 32.2. The molecule has 0 saturated carbocycles. The van der Waals surface area contributed by atoms with Gasteiger partial charge in [0.15, 0.2) is 0 Å². The maximum Gasteiger partial charge on any atom is 0.416 e. The molecule has 0 spiro atoms. The minimum atomic E-state index is -4.78. The number of carbonyl (C=O) groups is 2. The number of nitrogens with one attached hydrogen (secondary N) is 1. The lowest BCUT2D eigenvalue weighted by molar-refractivity contribution is -0.142. The van der Waals surface area contributed by atoms with Crippen LogP contribution in [0.2, 0.25) is 0 Å². The Morgan fingerprint density at radius 1 is 0.947 bits per heavy atom. The van der Waals surface area contributed by atoms with Crippen molar-refractivity contribution in [1.82, 2.24) is 5.32 Å². The molecule has 0 bridgehead atoms. The van der Waals surface area contributed by atoms with Crippen molar-refractivity contribution in [3.63, 3.8) is 0 Å². The molecule has 7 nitrogen and oxygen atoms in total. The summed E-state index contributed by atoms with van der Waals surface area (Å²) in [5, 5.41) is 2.93. The Morgan fingerprint density at radius 3 is 2.08 bits per heavy atom. The van der Waals surface area contributed by atoms with Crippen molar-refractivity contribution >= 4 is 22.7 Å². The summed E-state index contributed by atoms with van der Waals surface area (Å²) in [7, 11) is -0.222. The van der Waals surface area contributed by atoms with Gasteiger partial charge in [0.25, 0.3) is 0 Å². The van der Waals surface area contributed by atoms with Crippen LogP contribution in [-0.2, 0) is 36.0 Å². The predicted octanol–water partition coefficient (Wildman–Crippen LogP) is 4.86. The second-order valence-corrected chi connectivity index (χ2v) is 9.63. The fourth-order valence-corrected chi connectivity index (χ4v) is 5.30. The smallest absolute Gasteiger partial charge is 0.416 e. The number of dihydropyridines is 1. The lowest BCUT2D eigenvalue weighted by Gasteiger charge is -2.32. The van der Waals surface area contributed by atoms with E-state index in [2.05, 4.69) is 5.32 Å². The van der Waals surface area contributed by atoms with Crippen LogP contribution in [0, 0.1) is 0 Å². The number of carbonyl (C=O) groups excluding carboxylic acids is 2. The van der Waals surface area contributed by atoms with Gasteiger partial charge in [-0.15, -0.1) is 0 Å². The Labute approximate surface area is 221 Å². The van der Waals surface area contributed by atoms with Crippen LogP contribution < -0.4 is 10.1 Å². The van der Waals surface area contributed by atoms with E-state index in [0.717, 1.165) is 6.07 Å². The van der Waals surface area contributed by atoms with Crippen LogP contribution in [0.1, 0.15) is 37.8 Å². The van der Waals surface area contributed by atoms with E-state index < -0.39 is 40.4 Å². The zero-order valence-corrected chi connectivity index (χ0v) is 22.1. The van der Waals surface area contributed by atoms with E-state index in [1.165, 1.54) is 32.2 Å². The summed E-state index contributed by atoms with van der Waals surface area (Å²) in [6.45, 7) is 4.51. The quantitative estimate of drug-likeness (QED) is 0.445. The lowest BCUT2D eigenvalue weighted by atomic mass is 9.78. The molecule has 2 atom stereocenters. The zero-order chi connectivity index (χ0) is 28.0. The van der Waals surface area contributed by atoms with Crippen LogP contribution >= 0.6 is 0 Å². The molecule has 0 aliphatic carbocycles. The Bertz CT molecular complexity index is 1280. The number of alkyl halides is 3. The molecular weight excluding hydrogens is 523 g/mol. The normalized spacial score (nSPS) is 16.6. The summed E-state index contributed by atoms with van der Waals surface area (Å²) >= 11 is 0. The van der Waals surface area contributed by atoms with Crippen LogP contribution in [0.3, 0.4) is 0 Å². The Hall–Kier alpha value is -3.60. The Morgan fingerprint density at radius 2 is 1.53 bits per heavy atom. The Kier molecular flexibility index (Phi) is 9.37. The molecule has 1 aliphatic heterocycles. The average Bonchev–Trinajstić information content (AvgIpc) is 2.88. The molecule has 2 aromatic carbocycles. The van der Waals surface area contributed by atoms with E-state index in [4.69, 9.17) is 14.2 Å². The first-order chi connectivity index (χ1) is 18.0. The van der Waals surface area contributed by atoms with Gasteiger partial charge < -0.3 is 19.5 Å². The summed E-state index contributed by atoms with van der Waals surface area (Å²) in [5.74, 6) is -2.99. The molecule has 0 amide bonds. The largest absolute Gasteiger partial charge is 0.497 e. The molecule has 3 rings (SSSR count). The van der Waals surface area contributed by atoms with Gasteiger partial charge in [-0.25, -0.2) is 9.59 Å². The van der Waals surface area contributed by atoms with Gasteiger partial charge in [0.05, 0.1) is 59.5 Å². The minimum absolute atomic E-state index is 0.0317. The highest BCUT2D eigenvalue weighted by molar-refractivity contribution is 7.85. The number of allylic oxidation sites excluding steroid dienone is 1. The highest BCUT2D eigenvalue weighted by Crippen LogP contribution is 2.44. The first-order valence-corrected chi connectivity index (χ1v) is 13.1. The maximum atomic E-state index is 14.1. The third-order valence-electron chi connectivity index (χ3n) is 5.81. The second-order valence-electron chi connectivity index (χ2n) is 8.18. The fourth-order valence-electron chi connectivity index (χ4n) is 4.20. The van der Waals surface area contributed by atoms with E-state index in [9.17, 15) is 27.0 Å². The van der Waals surface area contributed by atoms with Gasteiger partial charge in [-0.05, 0) is 56.7 Å². The molecule has 1 aliphatic rings. The number of halogens is 3. The van der Waals surface area contributed by atoms with Crippen molar-refractivity contribution in [2.45, 2.75) is 37.8 Å². The van der Waals surface area contributed by atoms with Gasteiger partial charge in [-0.2, -0.15) is 13.2 Å². The number of rotatable bonds is 9. The molecule has 0 fully saturated rings. The third-order valence-corrected chi connectivity index (χ3v) is 7.16. The van der Waals surface area contributed by atoms with Crippen LogP contribution in [0.15, 0.2) is 76.0 Å². The van der Waals surface area contributed by atoms with Crippen LogP contribution in [0.4, 0.5) is 13.2 Å². The molecule has 1 N–H and O–H groups in total. The summed E-state index contributed by atoms with van der Waals surface area (Å²) in [6, 6.07) is 11.1. The molecule has 2 aromatic rings. The first kappa shape index (κ1) is 29.0. The molecule has 11 heteroatoms. The molecule has 0 saturated heterocycles. The minimum Gasteiger partial charge on any atom is -0.497 e. The summed E-state index contributed by atoms with van der Waals surface area (Å²) in [5.41, 5.74) is -1.46. The summed E-state index contributed by atoms with van der Waals surface area (Å²) < 4.78 is 71.1. The molecule has 1 unspecified atom stereocenters. The van der Waals surface area contributed by atoms with Crippen molar-refractivity contribution in [2.75, 3.05) is 26.1 Å². The van der Waals surface area contributed by atoms with E-state index >= 15 is 0 Å². The van der Waals surface area contributed by atoms with E-state index in [1.54, 1.807) is 38.1 Å². The maximum absolute atomic E-state index is 14.1. The van der Waals surface area contributed by atoms with Crippen molar-refractivity contribution in [3.05, 3.63) is 82.2 Å². The number of esters is 2. The van der Waals surface area contributed by atoms with E-state index in [-0.39, 0.29) is 47.1 Å². The third kappa shape index (κ3) is 6.27. The molecular formula is C27H28F3NO6S. The second kappa shape index (κ2) is 12.3. The lowest BCUT2D eigenvalue weighted by Crippen LogP contribution is -2.35. The number of hydrogen-bond acceptors (Lipinski definition) is 7. The van der Waals surface area contributed by atoms with Crippen molar-refractivity contribution in [1.29, 1.82) is 0 Å². The van der Waals surface area contributed by atoms with E-state index in [0.29, 0.717) is 10.6 Å². The SMILES string of the molecule is CCOC(=O)C1=C(C)NC(CS(=O)c2ccc(OC)cc2)=C(C(=O)OCC)[C@H]1c1ccccc1C(F)(F)F. The number of methoxy groups -OCH3 is 1. The van der Waals surface area contributed by atoms with Gasteiger partial charge >= 0.3 is 18.1 Å². The van der Waals surface area contributed by atoms with Gasteiger partial charge in [-0.1, -0.05) is 18.2 Å². The average molecular weight is 552 g/mol. The van der Waals surface area contributed by atoms with Gasteiger partial charge in [0, 0.05) is 16.3 Å². The van der Waals surface area contributed by atoms with E-state index in [1.807, 2.05) is 0 Å². The standard InChI is InChI=1S/C27H28F3NO6S/c1-5-36-25(32)22-16(3)31-21(15-38(34)18-13-11-17(35-4)12-14-18)24(26(33)37-6-2)23(22)19-9-7-8-10-20(19)27(28,29)30/h7-14,23,31H,5-6,15H2,1-4H3/t23-,38?/m0/s1. The van der Waals surface area contributed by atoms with Crippen LogP contribution in [-0.4, -0.2) is 42.2 Å². The van der Waals surface area contributed by atoms with Crippen molar-refractivity contribution in [2.24, 2.45) is 0 Å². The molecule has 0 radical (unpaired) electrons. The zero-order valence-electron chi connectivity index (χ0n) is 21.3. The highest BCUT2D eigenvalue weighted by Gasteiger charge is 2.44. The van der Waals surface area contributed by atoms with Crippen molar-refractivity contribution in [3.8, 4) is 5.75 Å². The fraction of sp³-hybridized carbons (Fsp3) is 0.333.